The number of sulfone groups is 1. The lowest BCUT2D eigenvalue weighted by Crippen LogP contribution is -2.38. The molecule has 4 rings (SSSR count). The lowest BCUT2D eigenvalue weighted by molar-refractivity contribution is -0.113. The molecule has 164 valence electrons. The van der Waals surface area contributed by atoms with Crippen molar-refractivity contribution in [2.75, 3.05) is 22.6 Å². The number of nitrogens with one attached hydrogen (secondary N) is 1. The molecule has 2 aromatic carbocycles. The van der Waals surface area contributed by atoms with E-state index in [0.29, 0.717) is 11.6 Å². The number of benzene rings is 2. The van der Waals surface area contributed by atoms with Crippen LogP contribution in [0.1, 0.15) is 16.7 Å². The molecule has 0 bridgehead atoms. The molecule has 9 heteroatoms. The average molecular weight is 478 g/mol. The predicted molar refractivity (Wildman–Crippen MR) is 128 cm³/mol. The van der Waals surface area contributed by atoms with Crippen LogP contribution in [0.15, 0.2) is 47.5 Å². The van der Waals surface area contributed by atoms with E-state index in [4.69, 9.17) is 11.6 Å². The second-order valence-corrected chi connectivity index (χ2v) is 11.5. The van der Waals surface area contributed by atoms with Crippen molar-refractivity contribution in [3.8, 4) is 0 Å². The molecule has 1 amide bonds. The molecule has 0 radical (unpaired) electrons. The van der Waals surface area contributed by atoms with Crippen LogP contribution < -0.4 is 5.32 Å². The molecule has 0 aromatic heterocycles. The number of para-hydroxylation sites is 1. The van der Waals surface area contributed by atoms with E-state index in [0.717, 1.165) is 27.5 Å². The van der Waals surface area contributed by atoms with Gasteiger partial charge < -0.3 is 10.2 Å². The van der Waals surface area contributed by atoms with Gasteiger partial charge in [-0.2, -0.15) is 0 Å². The van der Waals surface area contributed by atoms with Gasteiger partial charge in [-0.1, -0.05) is 53.7 Å². The zero-order valence-corrected chi connectivity index (χ0v) is 19.7. The van der Waals surface area contributed by atoms with E-state index in [1.165, 1.54) is 11.8 Å². The number of carbonyl (C=O) groups excluding carboxylic acids is 1. The van der Waals surface area contributed by atoms with Gasteiger partial charge in [0.15, 0.2) is 15.0 Å². The third-order valence-electron chi connectivity index (χ3n) is 5.56. The van der Waals surface area contributed by atoms with E-state index < -0.39 is 9.84 Å². The van der Waals surface area contributed by atoms with Gasteiger partial charge in [-0.15, -0.1) is 0 Å². The van der Waals surface area contributed by atoms with Crippen molar-refractivity contribution in [3.63, 3.8) is 0 Å². The van der Waals surface area contributed by atoms with Gasteiger partial charge in [0.2, 0.25) is 5.91 Å². The zero-order chi connectivity index (χ0) is 22.2. The van der Waals surface area contributed by atoms with Gasteiger partial charge in [0.05, 0.1) is 29.3 Å². The molecule has 1 N–H and O–H groups in total. The molecule has 1 saturated heterocycles. The second kappa shape index (κ2) is 8.84. The van der Waals surface area contributed by atoms with Gasteiger partial charge in [-0.25, -0.2) is 8.42 Å². The van der Waals surface area contributed by atoms with Crippen LogP contribution in [-0.2, 0) is 21.2 Å². The SMILES string of the molecule is Cc1cccc(C)c1NC(=O)CSC1=NC2CS(=O)(=O)CC2N1Cc1ccc(Cl)cc1. The van der Waals surface area contributed by atoms with Crippen molar-refractivity contribution in [3.05, 3.63) is 64.2 Å². The second-order valence-electron chi connectivity index (χ2n) is 7.98. The average Bonchev–Trinajstić information content (AvgIpc) is 3.17. The Labute approximate surface area is 192 Å². The maximum Gasteiger partial charge on any atom is 0.234 e. The number of rotatable bonds is 5. The van der Waals surface area contributed by atoms with E-state index in [1.54, 1.807) is 0 Å². The Kier molecular flexibility index (Phi) is 6.32. The maximum atomic E-state index is 12.6. The van der Waals surface area contributed by atoms with Crippen molar-refractivity contribution in [2.45, 2.75) is 32.5 Å². The summed E-state index contributed by atoms with van der Waals surface area (Å²) in [5, 5.41) is 4.36. The van der Waals surface area contributed by atoms with Crippen molar-refractivity contribution in [2.24, 2.45) is 4.99 Å². The minimum absolute atomic E-state index is 0.0629. The van der Waals surface area contributed by atoms with E-state index in [9.17, 15) is 13.2 Å². The summed E-state index contributed by atoms with van der Waals surface area (Å²) >= 11 is 7.35. The van der Waals surface area contributed by atoms with Crippen molar-refractivity contribution in [1.29, 1.82) is 0 Å². The van der Waals surface area contributed by atoms with Crippen molar-refractivity contribution >= 4 is 50.0 Å². The predicted octanol–water partition coefficient (Wildman–Crippen LogP) is 3.67. The highest BCUT2D eigenvalue weighted by molar-refractivity contribution is 8.14. The molecule has 2 heterocycles. The van der Waals surface area contributed by atoms with Crippen LogP contribution in [0.4, 0.5) is 5.69 Å². The minimum atomic E-state index is -3.10. The van der Waals surface area contributed by atoms with Crippen LogP contribution in [0.2, 0.25) is 5.02 Å². The number of carbonyl (C=O) groups is 1. The summed E-state index contributed by atoms with van der Waals surface area (Å²) in [5.41, 5.74) is 3.88. The highest BCUT2D eigenvalue weighted by Gasteiger charge is 2.46. The van der Waals surface area contributed by atoms with Gasteiger partial charge in [0.25, 0.3) is 0 Å². The molecule has 2 aliphatic rings. The van der Waals surface area contributed by atoms with Crippen LogP contribution in [0, 0.1) is 13.8 Å². The lowest BCUT2D eigenvalue weighted by Gasteiger charge is -2.26. The fourth-order valence-corrected chi connectivity index (χ4v) is 6.91. The third-order valence-corrected chi connectivity index (χ3v) is 8.52. The van der Waals surface area contributed by atoms with Crippen LogP contribution in [0.5, 0.6) is 0 Å². The van der Waals surface area contributed by atoms with Gasteiger partial charge >= 0.3 is 0 Å². The van der Waals surface area contributed by atoms with Gasteiger partial charge in [-0.05, 0) is 42.7 Å². The summed E-state index contributed by atoms with van der Waals surface area (Å²) in [6.45, 7) is 4.46. The quantitative estimate of drug-likeness (QED) is 0.710. The zero-order valence-electron chi connectivity index (χ0n) is 17.3. The first-order chi connectivity index (χ1) is 14.7. The first-order valence-corrected chi connectivity index (χ1v) is 13.2. The van der Waals surface area contributed by atoms with E-state index in [1.807, 2.05) is 61.2 Å². The highest BCUT2D eigenvalue weighted by Crippen LogP contribution is 2.32. The summed E-state index contributed by atoms with van der Waals surface area (Å²) in [6, 6.07) is 12.9. The number of aliphatic imine (C=N–C) groups is 1. The molecule has 2 unspecified atom stereocenters. The fourth-order valence-electron chi connectivity index (χ4n) is 4.00. The van der Waals surface area contributed by atoms with Crippen LogP contribution in [0.25, 0.3) is 0 Å². The number of nitrogens with zero attached hydrogens (tertiary/aromatic N) is 2. The van der Waals surface area contributed by atoms with Crippen LogP contribution in [-0.4, -0.2) is 53.7 Å². The highest BCUT2D eigenvalue weighted by atomic mass is 35.5. The largest absolute Gasteiger partial charge is 0.341 e. The molecular weight excluding hydrogens is 454 g/mol. The number of halogens is 1. The minimum Gasteiger partial charge on any atom is -0.341 e. The number of aryl methyl sites for hydroxylation is 2. The smallest absolute Gasteiger partial charge is 0.234 e. The van der Waals surface area contributed by atoms with Crippen molar-refractivity contribution in [1.82, 2.24) is 4.90 Å². The summed E-state index contributed by atoms with van der Waals surface area (Å²) < 4.78 is 24.3. The Bertz CT molecular complexity index is 1110. The summed E-state index contributed by atoms with van der Waals surface area (Å²) in [7, 11) is -3.10. The van der Waals surface area contributed by atoms with E-state index in [-0.39, 0.29) is 35.2 Å². The summed E-state index contributed by atoms with van der Waals surface area (Å²) in [4.78, 5) is 19.3. The first-order valence-electron chi connectivity index (χ1n) is 10.00. The van der Waals surface area contributed by atoms with E-state index in [2.05, 4.69) is 10.3 Å². The monoisotopic (exact) mass is 477 g/mol. The molecule has 0 spiro atoms. The standard InChI is InChI=1S/C22H24ClN3O3S2/c1-14-4-3-5-15(2)21(14)25-20(27)11-30-22-24-18-12-31(28,29)13-19(18)26(22)10-16-6-8-17(23)9-7-16/h3-9,18-19H,10-13H2,1-2H3,(H,25,27). The number of hydrogen-bond donors (Lipinski definition) is 1. The number of hydrogen-bond acceptors (Lipinski definition) is 6. The normalized spacial score (nSPS) is 21.6. The van der Waals surface area contributed by atoms with Gasteiger partial charge in [-0.3, -0.25) is 9.79 Å². The molecule has 0 aliphatic carbocycles. The summed E-state index contributed by atoms with van der Waals surface area (Å²) in [6.07, 6.45) is 0. The number of thioether (sulfide) groups is 1. The van der Waals surface area contributed by atoms with Gasteiger partial charge in [0, 0.05) is 17.3 Å². The number of amides is 1. The third kappa shape index (κ3) is 5.07. The Morgan fingerprint density at radius 3 is 2.52 bits per heavy atom. The van der Waals surface area contributed by atoms with E-state index >= 15 is 0 Å². The molecule has 2 aromatic rings. The fraction of sp³-hybridized carbons (Fsp3) is 0.364. The maximum absolute atomic E-state index is 12.6. The lowest BCUT2D eigenvalue weighted by atomic mass is 10.1. The van der Waals surface area contributed by atoms with Crippen molar-refractivity contribution < 1.29 is 13.2 Å². The number of anilines is 1. The first kappa shape index (κ1) is 22.2. The molecular formula is C22H24ClN3O3S2. The van der Waals surface area contributed by atoms with Crippen LogP contribution >= 0.6 is 23.4 Å². The molecule has 0 saturated carbocycles. The Hall–Kier alpha value is -2.03. The molecule has 2 aliphatic heterocycles. The number of fused-ring (bicyclic) bond motifs is 1. The van der Waals surface area contributed by atoms with Gasteiger partial charge in [0.1, 0.15) is 0 Å². The summed E-state index contributed by atoms with van der Waals surface area (Å²) in [5.74, 6) is 0.248. The van der Waals surface area contributed by atoms with Crippen LogP contribution in [0.3, 0.4) is 0 Å². The Morgan fingerprint density at radius 2 is 1.84 bits per heavy atom. The number of amidine groups is 1. The topological polar surface area (TPSA) is 78.8 Å². The molecule has 2 atom stereocenters. The molecule has 31 heavy (non-hydrogen) atoms. The molecule has 6 nitrogen and oxygen atoms in total. The molecule has 1 fully saturated rings. The Balaban J connectivity index is 1.47. The Morgan fingerprint density at radius 1 is 1.16 bits per heavy atom.